The SMILES string of the molecule is Cc1ccccc1C(=O)Nc1ccc2c(c1)CNCC2.Cl. The second-order valence-corrected chi connectivity index (χ2v) is 5.18. The first kappa shape index (κ1) is 15.5. The molecule has 0 unspecified atom stereocenters. The third-order valence-corrected chi connectivity index (χ3v) is 3.74. The Labute approximate surface area is 131 Å². The molecule has 1 aliphatic rings. The van der Waals surface area contributed by atoms with Gasteiger partial charge in [-0.25, -0.2) is 0 Å². The van der Waals surface area contributed by atoms with Gasteiger partial charge in [0.15, 0.2) is 0 Å². The highest BCUT2D eigenvalue weighted by Crippen LogP contribution is 2.20. The molecule has 0 saturated carbocycles. The van der Waals surface area contributed by atoms with E-state index in [4.69, 9.17) is 0 Å². The van der Waals surface area contributed by atoms with Gasteiger partial charge in [0.2, 0.25) is 0 Å². The number of nitrogens with one attached hydrogen (secondary N) is 2. The summed E-state index contributed by atoms with van der Waals surface area (Å²) in [5, 5.41) is 6.33. The van der Waals surface area contributed by atoms with Gasteiger partial charge in [0.25, 0.3) is 5.91 Å². The van der Waals surface area contributed by atoms with Gasteiger partial charge in [-0.15, -0.1) is 12.4 Å². The Hall–Kier alpha value is -1.84. The topological polar surface area (TPSA) is 41.1 Å². The molecule has 1 aliphatic heterocycles. The van der Waals surface area contributed by atoms with Crippen molar-refractivity contribution in [2.24, 2.45) is 0 Å². The molecule has 0 fully saturated rings. The highest BCUT2D eigenvalue weighted by molar-refractivity contribution is 6.05. The first-order chi connectivity index (χ1) is 9.74. The molecule has 0 atom stereocenters. The summed E-state index contributed by atoms with van der Waals surface area (Å²) in [6.07, 6.45) is 1.06. The summed E-state index contributed by atoms with van der Waals surface area (Å²) in [5.41, 5.74) is 5.23. The van der Waals surface area contributed by atoms with Gasteiger partial charge >= 0.3 is 0 Å². The Bertz CT molecular complexity index is 655. The molecule has 0 saturated heterocycles. The number of carbonyl (C=O) groups is 1. The largest absolute Gasteiger partial charge is 0.322 e. The lowest BCUT2D eigenvalue weighted by Gasteiger charge is -2.18. The monoisotopic (exact) mass is 302 g/mol. The van der Waals surface area contributed by atoms with Crippen molar-refractivity contribution < 1.29 is 4.79 Å². The number of carbonyl (C=O) groups excluding carboxylic acids is 1. The van der Waals surface area contributed by atoms with Crippen molar-refractivity contribution in [3.05, 3.63) is 64.7 Å². The second-order valence-electron chi connectivity index (χ2n) is 5.18. The molecule has 2 N–H and O–H groups in total. The van der Waals surface area contributed by atoms with Crippen LogP contribution in [0.1, 0.15) is 27.0 Å². The normalized spacial score (nSPS) is 13.0. The lowest BCUT2D eigenvalue weighted by atomic mass is 10.0. The molecule has 4 heteroatoms. The zero-order chi connectivity index (χ0) is 13.9. The van der Waals surface area contributed by atoms with Crippen LogP contribution in [0.5, 0.6) is 0 Å². The van der Waals surface area contributed by atoms with Gasteiger partial charge in [-0.05, 0) is 54.8 Å². The first-order valence-corrected chi connectivity index (χ1v) is 6.93. The smallest absolute Gasteiger partial charge is 0.255 e. The molecule has 0 spiro atoms. The van der Waals surface area contributed by atoms with E-state index < -0.39 is 0 Å². The van der Waals surface area contributed by atoms with Crippen LogP contribution in [0.25, 0.3) is 0 Å². The lowest BCUT2D eigenvalue weighted by molar-refractivity contribution is 0.102. The number of fused-ring (bicyclic) bond motifs is 1. The van der Waals surface area contributed by atoms with Crippen LogP contribution >= 0.6 is 12.4 Å². The fraction of sp³-hybridized carbons (Fsp3) is 0.235. The van der Waals surface area contributed by atoms with Crippen LogP contribution in [0, 0.1) is 6.92 Å². The highest BCUT2D eigenvalue weighted by Gasteiger charge is 2.12. The molecule has 1 heterocycles. The molecule has 1 amide bonds. The standard InChI is InChI=1S/C17H18N2O.ClH/c1-12-4-2-3-5-16(12)17(20)19-15-7-6-13-8-9-18-11-14(13)10-15;/h2-7,10,18H,8-9,11H2,1H3,(H,19,20);1H. The Morgan fingerprint density at radius 3 is 2.76 bits per heavy atom. The molecule has 2 aromatic rings. The van der Waals surface area contributed by atoms with E-state index in [1.54, 1.807) is 0 Å². The Morgan fingerprint density at radius 1 is 1.14 bits per heavy atom. The Kier molecular flexibility index (Phi) is 4.99. The van der Waals surface area contributed by atoms with Crippen molar-refractivity contribution in [3.63, 3.8) is 0 Å². The van der Waals surface area contributed by atoms with E-state index in [0.717, 1.165) is 36.3 Å². The molecule has 110 valence electrons. The molecule has 0 radical (unpaired) electrons. The molecule has 0 aliphatic carbocycles. The number of amides is 1. The third-order valence-electron chi connectivity index (χ3n) is 3.74. The van der Waals surface area contributed by atoms with Crippen molar-refractivity contribution in [3.8, 4) is 0 Å². The van der Waals surface area contributed by atoms with Gasteiger partial charge in [0.1, 0.15) is 0 Å². The van der Waals surface area contributed by atoms with E-state index in [9.17, 15) is 4.79 Å². The maximum absolute atomic E-state index is 12.3. The molecule has 3 nitrogen and oxygen atoms in total. The number of benzene rings is 2. The fourth-order valence-electron chi connectivity index (χ4n) is 2.58. The molecular formula is C17H19ClN2O. The number of halogens is 1. The predicted molar refractivity (Wildman–Crippen MR) is 88.2 cm³/mol. The molecule has 21 heavy (non-hydrogen) atoms. The quantitative estimate of drug-likeness (QED) is 0.893. The van der Waals surface area contributed by atoms with Crippen LogP contribution in [0.3, 0.4) is 0 Å². The number of rotatable bonds is 2. The average molecular weight is 303 g/mol. The summed E-state index contributed by atoms with van der Waals surface area (Å²) in [6, 6.07) is 13.8. The summed E-state index contributed by atoms with van der Waals surface area (Å²) in [4.78, 5) is 12.3. The minimum absolute atomic E-state index is 0. The number of hydrogen-bond acceptors (Lipinski definition) is 2. The average Bonchev–Trinajstić information content (AvgIpc) is 2.47. The predicted octanol–water partition coefficient (Wildman–Crippen LogP) is 3.31. The summed E-state index contributed by atoms with van der Waals surface area (Å²) in [5.74, 6) is -0.0492. The minimum Gasteiger partial charge on any atom is -0.322 e. The van der Waals surface area contributed by atoms with Crippen LogP contribution < -0.4 is 10.6 Å². The molecular weight excluding hydrogens is 284 g/mol. The van der Waals surface area contributed by atoms with Gasteiger partial charge in [0.05, 0.1) is 0 Å². The van der Waals surface area contributed by atoms with E-state index in [1.807, 2.05) is 37.3 Å². The molecule has 0 bridgehead atoms. The van der Waals surface area contributed by atoms with E-state index in [0.29, 0.717) is 0 Å². The van der Waals surface area contributed by atoms with Gasteiger partial charge < -0.3 is 10.6 Å². The van der Waals surface area contributed by atoms with E-state index in [1.165, 1.54) is 11.1 Å². The first-order valence-electron chi connectivity index (χ1n) is 6.93. The summed E-state index contributed by atoms with van der Waals surface area (Å²) >= 11 is 0. The minimum atomic E-state index is -0.0492. The Morgan fingerprint density at radius 2 is 1.95 bits per heavy atom. The highest BCUT2D eigenvalue weighted by atomic mass is 35.5. The number of hydrogen-bond donors (Lipinski definition) is 2. The third kappa shape index (κ3) is 3.43. The van der Waals surface area contributed by atoms with Gasteiger partial charge in [0, 0.05) is 17.8 Å². The maximum atomic E-state index is 12.3. The molecule has 0 aromatic heterocycles. The van der Waals surface area contributed by atoms with Crippen molar-refractivity contribution in [2.45, 2.75) is 19.9 Å². The zero-order valence-corrected chi connectivity index (χ0v) is 12.8. The van der Waals surface area contributed by atoms with Gasteiger partial charge in [-0.3, -0.25) is 4.79 Å². The van der Waals surface area contributed by atoms with Gasteiger partial charge in [-0.2, -0.15) is 0 Å². The summed E-state index contributed by atoms with van der Waals surface area (Å²) in [6.45, 7) is 3.86. The van der Waals surface area contributed by atoms with Crippen molar-refractivity contribution in [2.75, 3.05) is 11.9 Å². The Balaban J connectivity index is 0.00000161. The fourth-order valence-corrected chi connectivity index (χ4v) is 2.58. The molecule has 2 aromatic carbocycles. The number of anilines is 1. The van der Waals surface area contributed by atoms with Crippen LogP contribution in [-0.4, -0.2) is 12.5 Å². The number of aryl methyl sites for hydroxylation is 1. The van der Waals surface area contributed by atoms with E-state index in [2.05, 4.69) is 22.8 Å². The zero-order valence-electron chi connectivity index (χ0n) is 12.0. The summed E-state index contributed by atoms with van der Waals surface area (Å²) in [7, 11) is 0. The maximum Gasteiger partial charge on any atom is 0.255 e. The van der Waals surface area contributed by atoms with Crippen molar-refractivity contribution >= 4 is 24.0 Å². The van der Waals surface area contributed by atoms with Crippen molar-refractivity contribution in [1.82, 2.24) is 5.32 Å². The van der Waals surface area contributed by atoms with E-state index in [-0.39, 0.29) is 18.3 Å². The summed E-state index contributed by atoms with van der Waals surface area (Å²) < 4.78 is 0. The second kappa shape index (κ2) is 6.74. The van der Waals surface area contributed by atoms with Crippen molar-refractivity contribution in [1.29, 1.82) is 0 Å². The lowest BCUT2D eigenvalue weighted by Crippen LogP contribution is -2.23. The molecule has 3 rings (SSSR count). The van der Waals surface area contributed by atoms with Crippen LogP contribution in [0.15, 0.2) is 42.5 Å². The van der Waals surface area contributed by atoms with Gasteiger partial charge in [-0.1, -0.05) is 24.3 Å². The van der Waals surface area contributed by atoms with Crippen LogP contribution in [-0.2, 0) is 13.0 Å². The van der Waals surface area contributed by atoms with Crippen LogP contribution in [0.4, 0.5) is 5.69 Å². The van der Waals surface area contributed by atoms with E-state index >= 15 is 0 Å². The van der Waals surface area contributed by atoms with Crippen LogP contribution in [0.2, 0.25) is 0 Å².